The smallest absolute Gasteiger partial charge is 0.383 e. The van der Waals surface area contributed by atoms with Gasteiger partial charge in [-0.25, -0.2) is 4.39 Å². The first-order valence-corrected chi connectivity index (χ1v) is 4.91. The molecule has 0 bridgehead atoms. The van der Waals surface area contributed by atoms with Crippen LogP contribution in [0.4, 0.5) is 17.6 Å². The first kappa shape index (κ1) is 14.9. The molecule has 0 fully saturated rings. The highest BCUT2D eigenvalue weighted by Gasteiger charge is 2.35. The third-order valence-corrected chi connectivity index (χ3v) is 2.36. The van der Waals surface area contributed by atoms with Crippen LogP contribution >= 0.6 is 0 Å². The maximum Gasteiger partial charge on any atom is 0.419 e. The van der Waals surface area contributed by atoms with Crippen molar-refractivity contribution >= 4 is 0 Å². The Hall–Kier alpha value is -1.18. The van der Waals surface area contributed by atoms with Crippen molar-refractivity contribution in [1.29, 1.82) is 0 Å². The summed E-state index contributed by atoms with van der Waals surface area (Å²) in [5, 5.41) is 9.72. The molecule has 1 unspecified atom stereocenters. The summed E-state index contributed by atoms with van der Waals surface area (Å²) >= 11 is 0. The van der Waals surface area contributed by atoms with Crippen LogP contribution in [0.3, 0.4) is 0 Å². The number of hydrogen-bond donors (Lipinski definition) is 1. The number of methoxy groups -OCH3 is 2. The number of alkyl halides is 3. The molecule has 0 spiro atoms. The summed E-state index contributed by atoms with van der Waals surface area (Å²) in [6.07, 6.45) is -7.40. The third kappa shape index (κ3) is 3.18. The largest absolute Gasteiger partial charge is 0.419 e. The fourth-order valence-corrected chi connectivity index (χ4v) is 1.46. The summed E-state index contributed by atoms with van der Waals surface area (Å²) in [4.78, 5) is 0. The molecule has 18 heavy (non-hydrogen) atoms. The van der Waals surface area contributed by atoms with Gasteiger partial charge in [0.2, 0.25) is 0 Å². The average molecular weight is 268 g/mol. The molecule has 0 aliphatic rings. The average Bonchev–Trinajstić information content (AvgIpc) is 2.29. The first-order valence-electron chi connectivity index (χ1n) is 4.91. The molecule has 0 aliphatic heterocycles. The van der Waals surface area contributed by atoms with Crippen molar-refractivity contribution in [2.75, 3.05) is 14.2 Å². The van der Waals surface area contributed by atoms with Gasteiger partial charge in [-0.2, -0.15) is 13.2 Å². The van der Waals surface area contributed by atoms with Crippen LogP contribution < -0.4 is 0 Å². The van der Waals surface area contributed by atoms with Crippen LogP contribution in [0, 0.1) is 5.82 Å². The molecule has 7 heteroatoms. The molecule has 0 aliphatic carbocycles. The van der Waals surface area contributed by atoms with E-state index in [2.05, 4.69) is 0 Å². The van der Waals surface area contributed by atoms with Gasteiger partial charge in [0, 0.05) is 14.2 Å². The van der Waals surface area contributed by atoms with E-state index >= 15 is 0 Å². The lowest BCUT2D eigenvalue weighted by Gasteiger charge is -2.21. The predicted octanol–water partition coefficient (Wildman–Crippen LogP) is 2.50. The number of benzene rings is 1. The summed E-state index contributed by atoms with van der Waals surface area (Å²) in [5.74, 6) is -1.40. The van der Waals surface area contributed by atoms with Crippen LogP contribution in [0.15, 0.2) is 18.2 Å². The Morgan fingerprint density at radius 2 is 1.72 bits per heavy atom. The van der Waals surface area contributed by atoms with Crippen molar-refractivity contribution in [1.82, 2.24) is 0 Å². The van der Waals surface area contributed by atoms with Gasteiger partial charge in [-0.3, -0.25) is 0 Å². The van der Waals surface area contributed by atoms with Crippen molar-refractivity contribution in [3.8, 4) is 0 Å². The third-order valence-electron chi connectivity index (χ3n) is 2.36. The molecule has 1 aromatic rings. The van der Waals surface area contributed by atoms with E-state index in [4.69, 9.17) is 9.47 Å². The number of hydrogen-bond acceptors (Lipinski definition) is 3. The first-order chi connectivity index (χ1) is 8.31. The van der Waals surface area contributed by atoms with Gasteiger partial charge in [0.25, 0.3) is 0 Å². The minimum Gasteiger partial charge on any atom is -0.383 e. The number of rotatable bonds is 4. The molecule has 0 saturated carbocycles. The van der Waals surface area contributed by atoms with Crippen molar-refractivity contribution in [2.45, 2.75) is 18.6 Å². The second-order valence-corrected chi connectivity index (χ2v) is 3.52. The second-order valence-electron chi connectivity index (χ2n) is 3.52. The molecule has 1 N–H and O–H groups in total. The van der Waals surface area contributed by atoms with Gasteiger partial charge >= 0.3 is 6.18 Å². The molecule has 1 aromatic carbocycles. The second kappa shape index (κ2) is 5.64. The minimum absolute atomic E-state index is 0.141. The maximum absolute atomic E-state index is 13.0. The summed E-state index contributed by atoms with van der Waals surface area (Å²) in [5.41, 5.74) is -1.58. The highest BCUT2D eigenvalue weighted by Crippen LogP contribution is 2.33. The number of aliphatic hydroxyl groups is 1. The molecule has 0 amide bonds. The molecular formula is C11H12F4O3. The quantitative estimate of drug-likeness (QED) is 0.673. The van der Waals surface area contributed by atoms with Crippen LogP contribution in [0.25, 0.3) is 0 Å². The number of halogens is 4. The van der Waals surface area contributed by atoms with Gasteiger partial charge in [0.1, 0.15) is 11.9 Å². The van der Waals surface area contributed by atoms with Gasteiger partial charge < -0.3 is 14.6 Å². The Kier molecular flexibility index (Phi) is 4.66. The van der Waals surface area contributed by atoms with Crippen LogP contribution in [0.2, 0.25) is 0 Å². The molecular weight excluding hydrogens is 256 g/mol. The van der Waals surface area contributed by atoms with E-state index in [1.54, 1.807) is 0 Å². The van der Waals surface area contributed by atoms with Crippen LogP contribution in [0.5, 0.6) is 0 Å². The van der Waals surface area contributed by atoms with Crippen molar-refractivity contribution in [3.05, 3.63) is 35.1 Å². The van der Waals surface area contributed by atoms with Gasteiger partial charge in [-0.1, -0.05) is 6.07 Å². The molecule has 0 heterocycles. The van der Waals surface area contributed by atoms with E-state index in [1.165, 1.54) is 14.2 Å². The number of aliphatic hydroxyl groups excluding tert-OH is 1. The monoisotopic (exact) mass is 268 g/mol. The Morgan fingerprint density at radius 3 is 2.17 bits per heavy atom. The lowest BCUT2D eigenvalue weighted by atomic mass is 10.0. The summed E-state index contributed by atoms with van der Waals surface area (Å²) < 4.78 is 59.9. The van der Waals surface area contributed by atoms with Gasteiger partial charge in [0.15, 0.2) is 6.29 Å². The van der Waals surface area contributed by atoms with E-state index in [1.807, 2.05) is 0 Å². The van der Waals surface area contributed by atoms with E-state index in [0.717, 1.165) is 6.07 Å². The Morgan fingerprint density at radius 1 is 1.17 bits per heavy atom. The van der Waals surface area contributed by atoms with Crippen molar-refractivity contribution < 1.29 is 32.1 Å². The minimum atomic E-state index is -4.82. The highest BCUT2D eigenvalue weighted by molar-refractivity contribution is 5.29. The molecule has 1 rings (SSSR count). The zero-order valence-corrected chi connectivity index (χ0v) is 9.66. The van der Waals surface area contributed by atoms with Crippen molar-refractivity contribution in [3.63, 3.8) is 0 Å². The van der Waals surface area contributed by atoms with E-state index in [9.17, 15) is 22.7 Å². The molecule has 102 valence electrons. The van der Waals surface area contributed by atoms with Gasteiger partial charge in [-0.05, 0) is 17.7 Å². The van der Waals surface area contributed by atoms with Crippen molar-refractivity contribution in [2.24, 2.45) is 0 Å². The Bertz CT molecular complexity index is 402. The lowest BCUT2D eigenvalue weighted by molar-refractivity contribution is -0.166. The van der Waals surface area contributed by atoms with Crippen LogP contribution in [-0.2, 0) is 15.7 Å². The van der Waals surface area contributed by atoms with Gasteiger partial charge in [-0.15, -0.1) is 0 Å². The zero-order valence-electron chi connectivity index (χ0n) is 9.66. The van der Waals surface area contributed by atoms with E-state index in [0.29, 0.717) is 12.1 Å². The molecule has 0 radical (unpaired) electrons. The van der Waals surface area contributed by atoms with Crippen LogP contribution in [-0.4, -0.2) is 25.6 Å². The van der Waals surface area contributed by atoms with Crippen LogP contribution in [0.1, 0.15) is 17.2 Å². The highest BCUT2D eigenvalue weighted by atomic mass is 19.4. The fraction of sp³-hybridized carbons (Fsp3) is 0.455. The standard InChI is InChI=1S/C11H12F4O3/c1-17-10(18-2)9(16)6-3-4-8(12)7(5-6)11(13,14)15/h3-5,9-10,16H,1-2H3. The van der Waals surface area contributed by atoms with E-state index < -0.39 is 30.0 Å². The zero-order chi connectivity index (χ0) is 13.9. The molecule has 1 atom stereocenters. The Balaban J connectivity index is 3.12. The summed E-state index contributed by atoms with van der Waals surface area (Å²) in [6, 6.07) is 2.22. The number of ether oxygens (including phenoxy) is 2. The fourth-order valence-electron chi connectivity index (χ4n) is 1.46. The molecule has 0 aromatic heterocycles. The SMILES string of the molecule is COC(OC)C(O)c1ccc(F)c(C(F)(F)F)c1. The lowest BCUT2D eigenvalue weighted by Crippen LogP contribution is -2.23. The summed E-state index contributed by atoms with van der Waals surface area (Å²) in [6.45, 7) is 0. The molecule has 3 nitrogen and oxygen atoms in total. The summed E-state index contributed by atoms with van der Waals surface area (Å²) in [7, 11) is 2.46. The topological polar surface area (TPSA) is 38.7 Å². The maximum atomic E-state index is 13.0. The Labute approximate surface area is 101 Å². The van der Waals surface area contributed by atoms with Gasteiger partial charge in [0.05, 0.1) is 5.56 Å². The van der Waals surface area contributed by atoms with E-state index in [-0.39, 0.29) is 5.56 Å². The molecule has 0 saturated heterocycles. The predicted molar refractivity (Wildman–Crippen MR) is 54.2 cm³/mol. The normalized spacial score (nSPS) is 14.0.